The minimum atomic E-state index is -4.90. The van der Waals surface area contributed by atoms with Crippen LogP contribution in [0.15, 0.2) is 65.6 Å². The Labute approximate surface area is 321 Å². The van der Waals surface area contributed by atoms with Crippen molar-refractivity contribution in [1.82, 2.24) is 14.8 Å². The van der Waals surface area contributed by atoms with Crippen molar-refractivity contribution in [2.45, 2.75) is 70.3 Å². The van der Waals surface area contributed by atoms with Gasteiger partial charge in [0.05, 0.1) is 10.7 Å². The SMILES string of the molecule is Cn1cc(-c2ccc(CN3CCC(CCC4CCN(c5ccc(NC6CCC(=O)NC6=O)cc5Cl)CC4)CC3)c(OC(F)(F)F)c2)c2cc(F)ccc2c1=O. The summed E-state index contributed by atoms with van der Waals surface area (Å²) in [4.78, 5) is 40.7. The van der Waals surface area contributed by atoms with Gasteiger partial charge < -0.3 is 19.5 Å². The van der Waals surface area contributed by atoms with Crippen molar-refractivity contribution in [3.05, 3.63) is 87.6 Å². The van der Waals surface area contributed by atoms with Crippen LogP contribution in [-0.4, -0.2) is 59.9 Å². The number of imide groups is 1. The molecule has 55 heavy (non-hydrogen) atoms. The van der Waals surface area contributed by atoms with Gasteiger partial charge in [-0.15, -0.1) is 13.2 Å². The van der Waals surface area contributed by atoms with Crippen LogP contribution >= 0.6 is 11.6 Å². The minimum Gasteiger partial charge on any atom is -0.405 e. The Morgan fingerprint density at radius 3 is 2.25 bits per heavy atom. The largest absolute Gasteiger partial charge is 0.573 e. The highest BCUT2D eigenvalue weighted by Gasteiger charge is 2.33. The lowest BCUT2D eigenvalue weighted by Gasteiger charge is -2.36. The van der Waals surface area contributed by atoms with Gasteiger partial charge in [0.1, 0.15) is 17.6 Å². The summed E-state index contributed by atoms with van der Waals surface area (Å²) in [6.45, 7) is 3.65. The van der Waals surface area contributed by atoms with E-state index in [-0.39, 0.29) is 28.5 Å². The van der Waals surface area contributed by atoms with Gasteiger partial charge in [0.25, 0.3) is 5.56 Å². The molecule has 2 amide bonds. The lowest BCUT2D eigenvalue weighted by atomic mass is 9.85. The van der Waals surface area contributed by atoms with Crippen LogP contribution in [0, 0.1) is 17.7 Å². The summed E-state index contributed by atoms with van der Waals surface area (Å²) < 4.78 is 60.9. The molecule has 0 aliphatic carbocycles. The van der Waals surface area contributed by atoms with Crippen LogP contribution in [0.2, 0.25) is 5.02 Å². The van der Waals surface area contributed by atoms with Gasteiger partial charge in [-0.05, 0) is 110 Å². The van der Waals surface area contributed by atoms with E-state index in [0.717, 1.165) is 76.1 Å². The first kappa shape index (κ1) is 38.6. The minimum absolute atomic E-state index is 0.253. The van der Waals surface area contributed by atoms with Crippen molar-refractivity contribution in [2.24, 2.45) is 18.9 Å². The third kappa shape index (κ3) is 9.27. The van der Waals surface area contributed by atoms with E-state index < -0.39 is 18.2 Å². The Bertz CT molecular complexity index is 2130. The van der Waals surface area contributed by atoms with Gasteiger partial charge in [-0.2, -0.15) is 0 Å². The summed E-state index contributed by atoms with van der Waals surface area (Å²) in [5.74, 6) is -0.265. The first-order valence-corrected chi connectivity index (χ1v) is 19.2. The molecule has 3 aromatic carbocycles. The van der Waals surface area contributed by atoms with Crippen molar-refractivity contribution in [2.75, 3.05) is 36.4 Å². The number of pyridine rings is 1. The highest BCUT2D eigenvalue weighted by Crippen LogP contribution is 2.37. The highest BCUT2D eigenvalue weighted by atomic mass is 35.5. The van der Waals surface area contributed by atoms with Gasteiger partial charge in [0.15, 0.2) is 0 Å². The second-order valence-corrected chi connectivity index (χ2v) is 15.5. The van der Waals surface area contributed by atoms with Crippen molar-refractivity contribution in [1.29, 1.82) is 0 Å². The van der Waals surface area contributed by atoms with Gasteiger partial charge in [0, 0.05) is 61.5 Å². The quantitative estimate of drug-likeness (QED) is 0.124. The van der Waals surface area contributed by atoms with E-state index in [9.17, 15) is 31.9 Å². The number of likely N-dealkylation sites (tertiary alicyclic amines) is 1. The van der Waals surface area contributed by atoms with Gasteiger partial charge in [-0.25, -0.2) is 4.39 Å². The van der Waals surface area contributed by atoms with Crippen LogP contribution in [0.5, 0.6) is 5.75 Å². The Balaban J connectivity index is 0.907. The molecule has 3 aliphatic rings. The average Bonchev–Trinajstić information content (AvgIpc) is 3.14. The number of piperidine rings is 3. The highest BCUT2D eigenvalue weighted by molar-refractivity contribution is 6.33. The number of amides is 2. The summed E-state index contributed by atoms with van der Waals surface area (Å²) in [7, 11) is 1.55. The number of anilines is 2. The molecule has 3 aliphatic heterocycles. The predicted octanol–water partition coefficient (Wildman–Crippen LogP) is 8.02. The van der Waals surface area contributed by atoms with Crippen molar-refractivity contribution < 1.29 is 31.9 Å². The summed E-state index contributed by atoms with van der Waals surface area (Å²) in [5, 5.41) is 6.75. The number of ether oxygens (including phenoxy) is 1. The second-order valence-electron chi connectivity index (χ2n) is 15.1. The summed E-state index contributed by atoms with van der Waals surface area (Å²) in [6.07, 6.45) is 3.66. The summed E-state index contributed by atoms with van der Waals surface area (Å²) >= 11 is 6.69. The maximum Gasteiger partial charge on any atom is 0.573 e. The number of rotatable bonds is 10. The van der Waals surface area contributed by atoms with Gasteiger partial charge >= 0.3 is 6.36 Å². The first-order valence-electron chi connectivity index (χ1n) is 18.8. The molecule has 0 spiro atoms. The Hall–Kier alpha value is -4.62. The molecule has 9 nitrogen and oxygen atoms in total. The second kappa shape index (κ2) is 16.2. The zero-order valence-corrected chi connectivity index (χ0v) is 31.3. The zero-order valence-electron chi connectivity index (χ0n) is 30.6. The molecule has 14 heteroatoms. The number of halogens is 5. The monoisotopic (exact) mass is 781 g/mol. The number of aromatic nitrogens is 1. The molecule has 0 radical (unpaired) electrons. The molecule has 3 fully saturated rings. The van der Waals surface area contributed by atoms with Crippen LogP contribution in [0.25, 0.3) is 21.9 Å². The van der Waals surface area contributed by atoms with E-state index in [4.69, 9.17) is 11.6 Å². The van der Waals surface area contributed by atoms with Gasteiger partial charge in [-0.3, -0.25) is 24.6 Å². The van der Waals surface area contributed by atoms with E-state index >= 15 is 0 Å². The van der Waals surface area contributed by atoms with E-state index in [1.54, 1.807) is 19.2 Å². The van der Waals surface area contributed by atoms with E-state index in [1.807, 2.05) is 18.2 Å². The summed E-state index contributed by atoms with van der Waals surface area (Å²) in [6, 6.07) is 13.7. The standard InChI is InChI=1S/C41H44ClF4N5O4/c1-49-24-33(32-21-29(43)6-8-31(32)40(49)54)27-4-5-28(37(20-27)55-41(44,45)46)23-50-16-12-25(13-17-50)2-3-26-14-18-51(19-15-26)36-10-7-30(22-34(36)42)47-35-9-11-38(52)48-39(35)53/h4-8,10,20-22,24-26,35,47H,2-3,9,11-19,23H2,1H3,(H,48,52,53). The number of benzene rings is 3. The van der Waals surface area contributed by atoms with Crippen LogP contribution in [0.3, 0.4) is 0 Å². The number of carbonyl (C=O) groups excluding carboxylic acids is 2. The average molecular weight is 782 g/mol. The van der Waals surface area contributed by atoms with Crippen molar-refractivity contribution >= 4 is 45.6 Å². The fourth-order valence-corrected chi connectivity index (χ4v) is 8.53. The maximum absolute atomic E-state index is 14.2. The van der Waals surface area contributed by atoms with Crippen LogP contribution < -0.4 is 25.8 Å². The predicted molar refractivity (Wildman–Crippen MR) is 205 cm³/mol. The van der Waals surface area contributed by atoms with Crippen LogP contribution in [-0.2, 0) is 23.2 Å². The number of nitrogens with zero attached hydrogens (tertiary/aromatic N) is 3. The Morgan fingerprint density at radius 2 is 1.58 bits per heavy atom. The molecule has 1 aromatic heterocycles. The smallest absolute Gasteiger partial charge is 0.405 e. The molecule has 1 unspecified atom stereocenters. The molecular formula is C41H44ClF4N5O4. The fraction of sp³-hybridized carbons (Fsp3) is 0.439. The number of nitrogens with one attached hydrogen (secondary N) is 2. The number of hydrogen-bond acceptors (Lipinski definition) is 7. The molecule has 7 rings (SSSR count). The topological polar surface area (TPSA) is 95.9 Å². The number of alkyl halides is 3. The zero-order chi connectivity index (χ0) is 38.9. The summed E-state index contributed by atoms with van der Waals surface area (Å²) in [5.41, 5.74) is 2.61. The molecular weight excluding hydrogens is 738 g/mol. The van der Waals surface area contributed by atoms with Gasteiger partial charge in [-0.1, -0.05) is 36.6 Å². The fourth-order valence-electron chi connectivity index (χ4n) is 8.23. The Kier molecular flexibility index (Phi) is 11.4. The third-order valence-corrected chi connectivity index (χ3v) is 11.6. The molecule has 292 valence electrons. The molecule has 2 N–H and O–H groups in total. The van der Waals surface area contributed by atoms with Crippen LogP contribution in [0.4, 0.5) is 28.9 Å². The molecule has 0 bridgehead atoms. The number of fused-ring (bicyclic) bond motifs is 1. The Morgan fingerprint density at radius 1 is 0.873 bits per heavy atom. The number of aryl methyl sites for hydroxylation is 1. The lowest BCUT2D eigenvalue weighted by molar-refractivity contribution is -0.275. The normalized spacial score (nSPS) is 19.2. The van der Waals surface area contributed by atoms with E-state index in [0.29, 0.717) is 58.3 Å². The molecule has 0 saturated carbocycles. The third-order valence-electron chi connectivity index (χ3n) is 11.3. The van der Waals surface area contributed by atoms with E-state index in [1.165, 1.54) is 35.0 Å². The maximum atomic E-state index is 14.2. The van der Waals surface area contributed by atoms with E-state index in [2.05, 4.69) is 25.2 Å². The van der Waals surface area contributed by atoms with Gasteiger partial charge in [0.2, 0.25) is 11.8 Å². The molecule has 4 aromatic rings. The lowest BCUT2D eigenvalue weighted by Crippen LogP contribution is -2.47. The molecule has 4 heterocycles. The molecule has 1 atom stereocenters. The first-order chi connectivity index (χ1) is 26.3. The van der Waals surface area contributed by atoms with Crippen molar-refractivity contribution in [3.63, 3.8) is 0 Å². The number of hydrogen-bond donors (Lipinski definition) is 2. The molecule has 3 saturated heterocycles. The van der Waals surface area contributed by atoms with Crippen molar-refractivity contribution in [3.8, 4) is 16.9 Å². The van der Waals surface area contributed by atoms with Crippen LogP contribution in [0.1, 0.15) is 56.9 Å². The number of carbonyl (C=O) groups is 2.